The van der Waals surface area contributed by atoms with E-state index in [0.29, 0.717) is 21.5 Å². The predicted molar refractivity (Wildman–Crippen MR) is 95.1 cm³/mol. The van der Waals surface area contributed by atoms with Crippen LogP contribution in [0.5, 0.6) is 0 Å². The zero-order chi connectivity index (χ0) is 16.4. The number of carbonyl (C=O) groups is 1. The fourth-order valence-electron chi connectivity index (χ4n) is 2.19. The minimum atomic E-state index is -0.300. The molecule has 116 valence electrons. The Bertz CT molecular complexity index is 913. The van der Waals surface area contributed by atoms with Crippen molar-refractivity contribution >= 4 is 51.8 Å². The number of carbonyl (C=O) groups excluding carboxylic acids is 1. The number of hydrogen-bond acceptors (Lipinski definition) is 2. The predicted octanol–water partition coefficient (Wildman–Crippen LogP) is 5.70. The number of rotatable bonds is 3. The van der Waals surface area contributed by atoms with Crippen LogP contribution in [0.2, 0.25) is 10.0 Å². The highest BCUT2D eigenvalue weighted by Crippen LogP contribution is 2.25. The Hall–Kier alpha value is -2.23. The summed E-state index contributed by atoms with van der Waals surface area (Å²) in [5.74, 6) is 0.314. The summed E-state index contributed by atoms with van der Waals surface area (Å²) in [5, 5.41) is 4.60. The molecule has 3 rings (SSSR count). The Balaban J connectivity index is 1.74. The lowest BCUT2D eigenvalue weighted by Gasteiger charge is -2.04. The second-order valence-corrected chi connectivity index (χ2v) is 5.98. The highest BCUT2D eigenvalue weighted by Gasteiger charge is 2.05. The van der Waals surface area contributed by atoms with Crippen LogP contribution < -0.4 is 5.32 Å². The summed E-state index contributed by atoms with van der Waals surface area (Å²) >= 11 is 11.8. The number of furan rings is 1. The first kappa shape index (κ1) is 15.7. The average Bonchev–Trinajstić information content (AvgIpc) is 2.90. The first-order valence-electron chi connectivity index (χ1n) is 6.95. The normalized spacial score (nSPS) is 11.3. The third-order valence-corrected chi connectivity index (χ3v) is 3.83. The maximum absolute atomic E-state index is 12.0. The minimum Gasteiger partial charge on any atom is -0.457 e. The Morgan fingerprint density at radius 1 is 1.13 bits per heavy atom. The Morgan fingerprint density at radius 2 is 1.96 bits per heavy atom. The molecule has 0 fully saturated rings. The van der Waals surface area contributed by atoms with Gasteiger partial charge in [-0.05, 0) is 49.4 Å². The molecule has 0 spiro atoms. The zero-order valence-electron chi connectivity index (χ0n) is 12.3. The number of benzene rings is 2. The van der Waals surface area contributed by atoms with Crippen molar-refractivity contribution in [3.05, 3.63) is 69.9 Å². The second kappa shape index (κ2) is 6.49. The largest absolute Gasteiger partial charge is 0.457 e. The lowest BCUT2D eigenvalue weighted by atomic mass is 10.2. The van der Waals surface area contributed by atoms with Gasteiger partial charge in [0.05, 0.1) is 10.7 Å². The van der Waals surface area contributed by atoms with Gasteiger partial charge in [0.1, 0.15) is 11.3 Å². The molecule has 1 amide bonds. The molecule has 0 aliphatic rings. The van der Waals surface area contributed by atoms with Crippen molar-refractivity contribution in [3.63, 3.8) is 0 Å². The van der Waals surface area contributed by atoms with Gasteiger partial charge >= 0.3 is 0 Å². The van der Waals surface area contributed by atoms with Crippen LogP contribution in [0.1, 0.15) is 11.3 Å². The van der Waals surface area contributed by atoms with E-state index in [1.807, 2.05) is 31.2 Å². The van der Waals surface area contributed by atoms with Crippen LogP contribution in [0.3, 0.4) is 0 Å². The number of halogens is 2. The first-order chi connectivity index (χ1) is 11.0. The maximum atomic E-state index is 12.0. The highest BCUT2D eigenvalue weighted by atomic mass is 35.5. The van der Waals surface area contributed by atoms with Gasteiger partial charge in [-0.3, -0.25) is 4.79 Å². The van der Waals surface area contributed by atoms with Crippen molar-refractivity contribution in [1.82, 2.24) is 0 Å². The number of nitrogens with one attached hydrogen (secondary N) is 1. The third kappa shape index (κ3) is 3.76. The van der Waals surface area contributed by atoms with Crippen LogP contribution in [-0.2, 0) is 4.79 Å². The van der Waals surface area contributed by atoms with E-state index in [0.717, 1.165) is 16.5 Å². The summed E-state index contributed by atoms with van der Waals surface area (Å²) in [6, 6.07) is 12.7. The van der Waals surface area contributed by atoms with Gasteiger partial charge in [0.25, 0.3) is 0 Å². The number of anilines is 1. The molecule has 0 radical (unpaired) electrons. The summed E-state index contributed by atoms with van der Waals surface area (Å²) in [6.45, 7) is 2.02. The monoisotopic (exact) mass is 345 g/mol. The molecule has 1 N–H and O–H groups in total. The van der Waals surface area contributed by atoms with Crippen molar-refractivity contribution in [2.75, 3.05) is 5.32 Å². The van der Waals surface area contributed by atoms with Crippen molar-refractivity contribution in [2.45, 2.75) is 6.92 Å². The van der Waals surface area contributed by atoms with Gasteiger partial charge in [-0.1, -0.05) is 34.8 Å². The minimum absolute atomic E-state index is 0.300. The van der Waals surface area contributed by atoms with Gasteiger partial charge in [-0.15, -0.1) is 0 Å². The van der Waals surface area contributed by atoms with Gasteiger partial charge in [-0.2, -0.15) is 0 Å². The lowest BCUT2D eigenvalue weighted by Crippen LogP contribution is -2.07. The van der Waals surface area contributed by atoms with Crippen LogP contribution in [-0.4, -0.2) is 5.91 Å². The molecule has 2 aromatic carbocycles. The highest BCUT2D eigenvalue weighted by molar-refractivity contribution is 6.36. The molecule has 5 heteroatoms. The Morgan fingerprint density at radius 3 is 2.74 bits per heavy atom. The average molecular weight is 346 g/mol. The summed E-state index contributed by atoms with van der Waals surface area (Å²) in [4.78, 5) is 12.0. The lowest BCUT2D eigenvalue weighted by molar-refractivity contribution is -0.111. The molecule has 0 saturated carbocycles. The van der Waals surface area contributed by atoms with Crippen molar-refractivity contribution in [3.8, 4) is 0 Å². The van der Waals surface area contributed by atoms with E-state index in [1.165, 1.54) is 6.08 Å². The molecule has 0 unspecified atom stereocenters. The quantitative estimate of drug-likeness (QED) is 0.618. The molecule has 3 nitrogen and oxygen atoms in total. The fourth-order valence-corrected chi connectivity index (χ4v) is 2.64. The van der Waals surface area contributed by atoms with E-state index >= 15 is 0 Å². The summed E-state index contributed by atoms with van der Waals surface area (Å²) < 4.78 is 5.65. The molecule has 23 heavy (non-hydrogen) atoms. The van der Waals surface area contributed by atoms with E-state index < -0.39 is 0 Å². The molecule has 0 atom stereocenters. The zero-order valence-corrected chi connectivity index (χ0v) is 13.8. The number of amides is 1. The summed E-state index contributed by atoms with van der Waals surface area (Å²) in [5.41, 5.74) is 2.45. The smallest absolute Gasteiger partial charge is 0.248 e. The van der Waals surface area contributed by atoms with Crippen LogP contribution in [0.4, 0.5) is 5.69 Å². The van der Waals surface area contributed by atoms with E-state index in [1.54, 1.807) is 24.3 Å². The van der Waals surface area contributed by atoms with Gasteiger partial charge in [0.2, 0.25) is 5.91 Å². The third-order valence-electron chi connectivity index (χ3n) is 3.28. The van der Waals surface area contributed by atoms with Gasteiger partial charge in [0, 0.05) is 16.5 Å². The van der Waals surface area contributed by atoms with E-state index in [9.17, 15) is 4.79 Å². The van der Waals surface area contributed by atoms with Gasteiger partial charge in [-0.25, -0.2) is 0 Å². The van der Waals surface area contributed by atoms with Crippen LogP contribution in [0, 0.1) is 6.92 Å². The molecule has 0 aliphatic heterocycles. The SMILES string of the molecule is Cc1ccc2oc(C=CC(=O)Nc3ccc(Cl)cc3Cl)cc2c1. The second-order valence-electron chi connectivity index (χ2n) is 5.14. The van der Waals surface area contributed by atoms with Crippen LogP contribution in [0.15, 0.2) is 53.0 Å². The topological polar surface area (TPSA) is 42.2 Å². The molecular formula is C18H13Cl2NO2. The Kier molecular flexibility index (Phi) is 4.42. The van der Waals surface area contributed by atoms with E-state index in [-0.39, 0.29) is 5.91 Å². The van der Waals surface area contributed by atoms with Crippen LogP contribution >= 0.6 is 23.2 Å². The first-order valence-corrected chi connectivity index (χ1v) is 7.71. The maximum Gasteiger partial charge on any atom is 0.248 e. The van der Waals surface area contributed by atoms with Crippen molar-refractivity contribution in [1.29, 1.82) is 0 Å². The Labute approximate surface area is 143 Å². The molecule has 0 aliphatic carbocycles. The van der Waals surface area contributed by atoms with Crippen molar-refractivity contribution < 1.29 is 9.21 Å². The molecular weight excluding hydrogens is 333 g/mol. The summed E-state index contributed by atoms with van der Waals surface area (Å²) in [6.07, 6.45) is 3.02. The standard InChI is InChI=1S/C18H13Cl2NO2/c1-11-2-6-17-12(8-11)9-14(23-17)4-7-18(22)21-16-5-3-13(19)10-15(16)20/h2-10H,1H3,(H,21,22). The number of hydrogen-bond donors (Lipinski definition) is 1. The van der Waals surface area contributed by atoms with E-state index in [4.69, 9.17) is 27.6 Å². The number of aryl methyl sites for hydroxylation is 1. The molecule has 1 aromatic heterocycles. The number of fused-ring (bicyclic) bond motifs is 1. The van der Waals surface area contributed by atoms with Crippen molar-refractivity contribution in [2.24, 2.45) is 0 Å². The molecule has 0 bridgehead atoms. The van der Waals surface area contributed by atoms with Crippen LogP contribution in [0.25, 0.3) is 17.0 Å². The van der Waals surface area contributed by atoms with Gasteiger partial charge < -0.3 is 9.73 Å². The molecule has 1 heterocycles. The molecule has 3 aromatic rings. The van der Waals surface area contributed by atoms with E-state index in [2.05, 4.69) is 5.32 Å². The molecule has 0 saturated heterocycles. The fraction of sp³-hybridized carbons (Fsp3) is 0.0556. The summed E-state index contributed by atoms with van der Waals surface area (Å²) in [7, 11) is 0. The van der Waals surface area contributed by atoms with Gasteiger partial charge in [0.15, 0.2) is 0 Å².